The average Bonchev–Trinajstić information content (AvgIpc) is 3.00. The Morgan fingerprint density at radius 1 is 1.40 bits per heavy atom. The Labute approximate surface area is 148 Å². The molecule has 6 nitrogen and oxygen atoms in total. The van der Waals surface area contributed by atoms with E-state index in [0.29, 0.717) is 6.42 Å². The van der Waals surface area contributed by atoms with Gasteiger partial charge in [0.1, 0.15) is 0 Å². The van der Waals surface area contributed by atoms with Crippen LogP contribution in [0, 0.1) is 0 Å². The maximum Gasteiger partial charge on any atom is 0.315 e. The summed E-state index contributed by atoms with van der Waals surface area (Å²) in [5.41, 5.74) is 3.55. The van der Waals surface area contributed by atoms with E-state index in [0.717, 1.165) is 31.4 Å². The highest BCUT2D eigenvalue weighted by Crippen LogP contribution is 2.29. The molecule has 25 heavy (non-hydrogen) atoms. The topological polar surface area (TPSA) is 79.2 Å². The molecule has 0 fully saturated rings. The largest absolute Gasteiger partial charge is 0.396 e. The number of amides is 2. The molecule has 3 rings (SSSR count). The third-order valence-electron chi connectivity index (χ3n) is 4.68. The molecule has 2 atom stereocenters. The molecule has 0 bridgehead atoms. The lowest BCUT2D eigenvalue weighted by molar-refractivity contribution is 0.226. The van der Waals surface area contributed by atoms with Crippen molar-refractivity contribution < 1.29 is 9.90 Å². The van der Waals surface area contributed by atoms with Crippen molar-refractivity contribution in [3.05, 3.63) is 53.3 Å². The van der Waals surface area contributed by atoms with E-state index in [1.807, 2.05) is 36.0 Å². The first kappa shape index (κ1) is 17.5. The Hall–Kier alpha value is -2.34. The molecule has 0 spiro atoms. The summed E-state index contributed by atoms with van der Waals surface area (Å²) in [4.78, 5) is 12.2. The molecule has 0 saturated heterocycles. The Kier molecular flexibility index (Phi) is 5.71. The predicted octanol–water partition coefficient (Wildman–Crippen LogP) is 2.38. The molecule has 0 saturated carbocycles. The summed E-state index contributed by atoms with van der Waals surface area (Å²) in [7, 11) is 0. The smallest absolute Gasteiger partial charge is 0.315 e. The second-order valence-electron chi connectivity index (χ2n) is 6.67. The lowest BCUT2D eigenvalue weighted by Crippen LogP contribution is -2.43. The van der Waals surface area contributed by atoms with Gasteiger partial charge in [0.25, 0.3) is 0 Å². The molecule has 2 aromatic rings. The quantitative estimate of drug-likeness (QED) is 0.754. The third kappa shape index (κ3) is 4.39. The number of carbonyl (C=O) groups excluding carboxylic acids is 1. The van der Waals surface area contributed by atoms with Gasteiger partial charge < -0.3 is 15.7 Å². The van der Waals surface area contributed by atoms with Crippen LogP contribution in [0.1, 0.15) is 49.0 Å². The summed E-state index contributed by atoms with van der Waals surface area (Å²) >= 11 is 0. The number of fused-ring (bicyclic) bond motifs is 1. The Bertz CT molecular complexity index is 699. The lowest BCUT2D eigenvalue weighted by atomic mass is 9.93. The summed E-state index contributed by atoms with van der Waals surface area (Å²) in [5.74, 6) is 0. The van der Waals surface area contributed by atoms with Crippen molar-refractivity contribution in [2.24, 2.45) is 0 Å². The van der Waals surface area contributed by atoms with Crippen molar-refractivity contribution in [2.45, 2.75) is 51.2 Å². The predicted molar refractivity (Wildman–Crippen MR) is 96.3 cm³/mol. The van der Waals surface area contributed by atoms with E-state index in [1.54, 1.807) is 0 Å². The SMILES string of the molecule is C[C@H](CCO)NC(=O)NC1CCCc2c1cnn2Cc1ccccc1. The molecule has 1 aromatic carbocycles. The normalized spacial score (nSPS) is 17.6. The first-order valence-corrected chi connectivity index (χ1v) is 8.93. The maximum atomic E-state index is 12.2. The van der Waals surface area contributed by atoms with Crippen LogP contribution in [0.15, 0.2) is 36.5 Å². The van der Waals surface area contributed by atoms with Gasteiger partial charge in [-0.2, -0.15) is 5.10 Å². The van der Waals surface area contributed by atoms with Gasteiger partial charge in [-0.15, -0.1) is 0 Å². The summed E-state index contributed by atoms with van der Waals surface area (Å²) in [6, 6.07) is 10.0. The second-order valence-corrected chi connectivity index (χ2v) is 6.67. The number of hydrogen-bond donors (Lipinski definition) is 3. The van der Waals surface area contributed by atoms with E-state index in [2.05, 4.69) is 27.9 Å². The number of nitrogens with one attached hydrogen (secondary N) is 2. The molecule has 1 aliphatic rings. The fourth-order valence-corrected chi connectivity index (χ4v) is 3.35. The molecule has 134 valence electrons. The van der Waals surface area contributed by atoms with Crippen LogP contribution < -0.4 is 10.6 Å². The maximum absolute atomic E-state index is 12.2. The highest BCUT2D eigenvalue weighted by molar-refractivity contribution is 5.74. The van der Waals surface area contributed by atoms with E-state index >= 15 is 0 Å². The van der Waals surface area contributed by atoms with Crippen molar-refractivity contribution >= 4 is 6.03 Å². The van der Waals surface area contributed by atoms with Gasteiger partial charge >= 0.3 is 6.03 Å². The first-order chi connectivity index (χ1) is 12.2. The Balaban J connectivity index is 1.67. The van der Waals surface area contributed by atoms with Crippen LogP contribution in [0.3, 0.4) is 0 Å². The number of rotatable bonds is 6. The van der Waals surface area contributed by atoms with Crippen LogP contribution in [0.4, 0.5) is 4.79 Å². The summed E-state index contributed by atoms with van der Waals surface area (Å²) in [5, 5.41) is 19.4. The molecule has 6 heteroatoms. The fraction of sp³-hybridized carbons (Fsp3) is 0.474. The minimum Gasteiger partial charge on any atom is -0.396 e. The van der Waals surface area contributed by atoms with Gasteiger partial charge in [-0.05, 0) is 38.2 Å². The Morgan fingerprint density at radius 2 is 2.20 bits per heavy atom. The van der Waals surface area contributed by atoms with Crippen molar-refractivity contribution in [1.82, 2.24) is 20.4 Å². The third-order valence-corrected chi connectivity index (χ3v) is 4.68. The number of aliphatic hydroxyl groups excluding tert-OH is 1. The van der Waals surface area contributed by atoms with Crippen LogP contribution >= 0.6 is 0 Å². The van der Waals surface area contributed by atoms with Crippen LogP contribution in [-0.4, -0.2) is 33.6 Å². The number of carbonyl (C=O) groups is 1. The van der Waals surface area contributed by atoms with Crippen LogP contribution in [0.2, 0.25) is 0 Å². The molecule has 2 amide bonds. The summed E-state index contributed by atoms with van der Waals surface area (Å²) in [6.45, 7) is 2.71. The summed E-state index contributed by atoms with van der Waals surface area (Å²) in [6.07, 6.45) is 5.39. The molecule has 0 radical (unpaired) electrons. The highest BCUT2D eigenvalue weighted by atomic mass is 16.3. The number of urea groups is 1. The zero-order valence-corrected chi connectivity index (χ0v) is 14.6. The molecule has 3 N–H and O–H groups in total. The number of aliphatic hydroxyl groups is 1. The van der Waals surface area contributed by atoms with Gasteiger partial charge in [0.15, 0.2) is 0 Å². The molecule has 0 aliphatic heterocycles. The molecule has 1 aliphatic carbocycles. The second kappa shape index (κ2) is 8.16. The number of aromatic nitrogens is 2. The highest BCUT2D eigenvalue weighted by Gasteiger charge is 2.25. The van der Waals surface area contributed by atoms with Crippen LogP contribution in [0.25, 0.3) is 0 Å². The van der Waals surface area contributed by atoms with Crippen LogP contribution in [0.5, 0.6) is 0 Å². The molecule has 1 unspecified atom stereocenters. The molecular formula is C19H26N4O2. The summed E-state index contributed by atoms with van der Waals surface area (Å²) < 4.78 is 2.05. The van der Waals surface area contributed by atoms with E-state index < -0.39 is 0 Å². The van der Waals surface area contributed by atoms with Gasteiger partial charge in [0.2, 0.25) is 0 Å². The molecular weight excluding hydrogens is 316 g/mol. The average molecular weight is 342 g/mol. The molecule has 1 aromatic heterocycles. The van der Waals surface area contributed by atoms with Crippen molar-refractivity contribution in [3.8, 4) is 0 Å². The van der Waals surface area contributed by atoms with E-state index in [-0.39, 0.29) is 24.7 Å². The minimum atomic E-state index is -0.186. The fourth-order valence-electron chi connectivity index (χ4n) is 3.35. The van der Waals surface area contributed by atoms with Crippen molar-refractivity contribution in [2.75, 3.05) is 6.61 Å². The standard InChI is InChI=1S/C19H26N4O2/c1-14(10-11-24)21-19(25)22-17-8-5-9-18-16(17)12-20-23(18)13-15-6-3-2-4-7-15/h2-4,6-7,12,14,17,24H,5,8-11,13H2,1H3,(H2,21,22,25)/t14-,17?/m1/s1. The zero-order valence-electron chi connectivity index (χ0n) is 14.6. The molecule has 1 heterocycles. The number of benzene rings is 1. The van der Waals surface area contributed by atoms with E-state index in [1.165, 1.54) is 11.3 Å². The number of hydrogen-bond acceptors (Lipinski definition) is 3. The number of nitrogens with zero attached hydrogens (tertiary/aromatic N) is 2. The van der Waals surface area contributed by atoms with Gasteiger partial charge in [-0.25, -0.2) is 4.79 Å². The first-order valence-electron chi connectivity index (χ1n) is 8.93. The Morgan fingerprint density at radius 3 is 2.96 bits per heavy atom. The van der Waals surface area contributed by atoms with Gasteiger partial charge in [0, 0.05) is 23.9 Å². The van der Waals surface area contributed by atoms with Crippen molar-refractivity contribution in [3.63, 3.8) is 0 Å². The van der Waals surface area contributed by atoms with Crippen LogP contribution in [-0.2, 0) is 13.0 Å². The monoisotopic (exact) mass is 342 g/mol. The van der Waals surface area contributed by atoms with E-state index in [4.69, 9.17) is 5.11 Å². The zero-order chi connectivity index (χ0) is 17.6. The van der Waals surface area contributed by atoms with Gasteiger partial charge in [-0.3, -0.25) is 4.68 Å². The van der Waals surface area contributed by atoms with Gasteiger partial charge in [-0.1, -0.05) is 30.3 Å². The lowest BCUT2D eigenvalue weighted by Gasteiger charge is -2.25. The van der Waals surface area contributed by atoms with Gasteiger partial charge in [0.05, 0.1) is 18.8 Å². The minimum absolute atomic E-state index is 0.00500. The van der Waals surface area contributed by atoms with Crippen molar-refractivity contribution in [1.29, 1.82) is 0 Å². The van der Waals surface area contributed by atoms with E-state index in [9.17, 15) is 4.79 Å².